The largest absolute Gasteiger partial charge is 0.495 e. The molecule has 1 amide bonds. The number of pyridine rings is 1. The molecule has 2 aromatic rings. The zero-order valence-electron chi connectivity index (χ0n) is 12.2. The molecular weight excluding hydrogens is 304 g/mol. The van der Waals surface area contributed by atoms with Gasteiger partial charge in [-0.25, -0.2) is 0 Å². The lowest BCUT2D eigenvalue weighted by Gasteiger charge is -2.12. The highest BCUT2D eigenvalue weighted by Crippen LogP contribution is 2.35. The van der Waals surface area contributed by atoms with E-state index in [-0.39, 0.29) is 5.91 Å². The van der Waals surface area contributed by atoms with Crippen molar-refractivity contribution in [1.29, 1.82) is 0 Å². The van der Waals surface area contributed by atoms with Gasteiger partial charge in [-0.15, -0.1) is 0 Å². The van der Waals surface area contributed by atoms with Crippen LogP contribution in [0.3, 0.4) is 0 Å². The average molecular weight is 319 g/mol. The minimum absolute atomic E-state index is 0.292. The Kier molecular flexibility index (Phi) is 5.38. The van der Waals surface area contributed by atoms with Crippen molar-refractivity contribution < 1.29 is 14.3 Å². The molecule has 0 saturated carbocycles. The van der Waals surface area contributed by atoms with Crippen LogP contribution in [0.25, 0.3) is 6.08 Å². The third kappa shape index (κ3) is 3.99. The minimum Gasteiger partial charge on any atom is -0.495 e. The summed E-state index contributed by atoms with van der Waals surface area (Å²) in [5.41, 5.74) is 1.36. The number of anilines is 1. The molecule has 0 saturated heterocycles. The Labute approximate surface area is 133 Å². The fourth-order valence-electron chi connectivity index (χ4n) is 1.78. The van der Waals surface area contributed by atoms with Gasteiger partial charge in [0.25, 0.3) is 0 Å². The van der Waals surface area contributed by atoms with Gasteiger partial charge >= 0.3 is 0 Å². The summed E-state index contributed by atoms with van der Waals surface area (Å²) in [5.74, 6) is 0.617. The SMILES string of the molecule is COc1cc(NC(=O)/C=C/c2ccncc2)c(OC)cc1Cl. The summed E-state index contributed by atoms with van der Waals surface area (Å²) in [7, 11) is 3.00. The van der Waals surface area contributed by atoms with Gasteiger partial charge in [0.15, 0.2) is 0 Å². The summed E-state index contributed by atoms with van der Waals surface area (Å²) in [6, 6.07) is 6.80. The summed E-state index contributed by atoms with van der Waals surface area (Å²) in [6.45, 7) is 0. The van der Waals surface area contributed by atoms with Crippen LogP contribution < -0.4 is 14.8 Å². The number of carbonyl (C=O) groups is 1. The fourth-order valence-corrected chi connectivity index (χ4v) is 2.01. The van der Waals surface area contributed by atoms with E-state index < -0.39 is 0 Å². The minimum atomic E-state index is -0.292. The van der Waals surface area contributed by atoms with E-state index >= 15 is 0 Å². The summed E-state index contributed by atoms with van der Waals surface area (Å²) >= 11 is 6.02. The number of nitrogens with one attached hydrogen (secondary N) is 1. The van der Waals surface area contributed by atoms with Gasteiger partial charge in [-0.05, 0) is 23.8 Å². The Morgan fingerprint density at radius 1 is 1.18 bits per heavy atom. The van der Waals surface area contributed by atoms with Crippen molar-refractivity contribution in [2.24, 2.45) is 0 Å². The van der Waals surface area contributed by atoms with E-state index in [1.54, 1.807) is 42.7 Å². The second-order valence-electron chi connectivity index (χ2n) is 4.29. The summed E-state index contributed by atoms with van der Waals surface area (Å²) in [6.07, 6.45) is 6.43. The Hall–Kier alpha value is -2.53. The van der Waals surface area contributed by atoms with Gasteiger partial charge in [0, 0.05) is 30.6 Å². The number of hydrogen-bond donors (Lipinski definition) is 1. The standard InChI is InChI=1S/C16H15ClN2O3/c1-21-14-10-13(15(22-2)9-12(14)17)19-16(20)4-3-11-5-7-18-8-6-11/h3-10H,1-2H3,(H,19,20)/b4-3+. The second-order valence-corrected chi connectivity index (χ2v) is 4.70. The van der Waals surface area contributed by atoms with E-state index in [1.165, 1.54) is 20.3 Å². The molecule has 114 valence electrons. The van der Waals surface area contributed by atoms with E-state index in [2.05, 4.69) is 10.3 Å². The molecule has 0 unspecified atom stereocenters. The van der Waals surface area contributed by atoms with Gasteiger partial charge in [-0.1, -0.05) is 11.6 Å². The topological polar surface area (TPSA) is 60.5 Å². The van der Waals surface area contributed by atoms with Crippen LogP contribution in [0.15, 0.2) is 42.7 Å². The summed E-state index contributed by atoms with van der Waals surface area (Å²) < 4.78 is 10.3. The number of methoxy groups -OCH3 is 2. The van der Waals surface area contributed by atoms with Gasteiger partial charge in [0.2, 0.25) is 5.91 Å². The van der Waals surface area contributed by atoms with E-state index in [0.29, 0.717) is 22.2 Å². The Balaban J connectivity index is 2.16. The normalized spacial score (nSPS) is 10.5. The van der Waals surface area contributed by atoms with E-state index in [9.17, 15) is 4.79 Å². The molecule has 1 N–H and O–H groups in total. The van der Waals surface area contributed by atoms with Gasteiger partial charge in [0.05, 0.1) is 24.9 Å². The predicted octanol–water partition coefficient (Wildman–Crippen LogP) is 3.40. The zero-order chi connectivity index (χ0) is 15.9. The summed E-state index contributed by atoms with van der Waals surface area (Å²) in [5, 5.41) is 3.14. The number of carbonyl (C=O) groups excluding carboxylic acids is 1. The second kappa shape index (κ2) is 7.47. The van der Waals surface area contributed by atoms with Crippen LogP contribution in [0.2, 0.25) is 5.02 Å². The molecule has 0 bridgehead atoms. The summed E-state index contributed by atoms with van der Waals surface area (Å²) in [4.78, 5) is 15.9. The highest BCUT2D eigenvalue weighted by Gasteiger charge is 2.11. The van der Waals surface area contributed by atoms with Crippen molar-refractivity contribution >= 4 is 29.3 Å². The first-order chi connectivity index (χ1) is 10.6. The lowest BCUT2D eigenvalue weighted by Crippen LogP contribution is -2.09. The van der Waals surface area contributed by atoms with Gasteiger partial charge < -0.3 is 14.8 Å². The third-order valence-electron chi connectivity index (χ3n) is 2.87. The maximum Gasteiger partial charge on any atom is 0.248 e. The van der Waals surface area contributed by atoms with Crippen LogP contribution in [0, 0.1) is 0 Å². The number of hydrogen-bond acceptors (Lipinski definition) is 4. The number of rotatable bonds is 5. The lowest BCUT2D eigenvalue weighted by atomic mass is 10.2. The van der Waals surface area contributed by atoms with Gasteiger partial charge in [-0.2, -0.15) is 0 Å². The van der Waals surface area contributed by atoms with Crippen molar-refractivity contribution in [3.8, 4) is 11.5 Å². The van der Waals surface area contributed by atoms with Crippen LogP contribution in [0.4, 0.5) is 5.69 Å². The maximum atomic E-state index is 12.0. The van der Waals surface area contributed by atoms with Crippen molar-refractivity contribution in [2.45, 2.75) is 0 Å². The molecule has 0 spiro atoms. The number of halogens is 1. The average Bonchev–Trinajstić information content (AvgIpc) is 2.55. The Bertz CT molecular complexity index is 687. The molecule has 0 radical (unpaired) electrons. The quantitative estimate of drug-likeness (QED) is 0.858. The molecule has 6 heteroatoms. The van der Waals surface area contributed by atoms with Crippen molar-refractivity contribution in [1.82, 2.24) is 4.98 Å². The molecule has 0 aliphatic rings. The molecule has 22 heavy (non-hydrogen) atoms. The molecule has 1 heterocycles. The van der Waals surface area contributed by atoms with Crippen molar-refractivity contribution in [3.05, 3.63) is 53.3 Å². The Morgan fingerprint density at radius 2 is 1.86 bits per heavy atom. The Morgan fingerprint density at radius 3 is 2.50 bits per heavy atom. The van der Waals surface area contributed by atoms with Crippen LogP contribution in [-0.4, -0.2) is 25.1 Å². The van der Waals surface area contributed by atoms with Crippen LogP contribution in [-0.2, 0) is 4.79 Å². The number of benzene rings is 1. The molecule has 0 aliphatic heterocycles. The molecule has 5 nitrogen and oxygen atoms in total. The highest BCUT2D eigenvalue weighted by molar-refractivity contribution is 6.32. The highest BCUT2D eigenvalue weighted by atomic mass is 35.5. The molecule has 1 aromatic heterocycles. The van der Waals surface area contributed by atoms with Crippen LogP contribution in [0.5, 0.6) is 11.5 Å². The van der Waals surface area contributed by atoms with Crippen LogP contribution >= 0.6 is 11.6 Å². The fraction of sp³-hybridized carbons (Fsp3) is 0.125. The lowest BCUT2D eigenvalue weighted by molar-refractivity contribution is -0.111. The number of aromatic nitrogens is 1. The van der Waals surface area contributed by atoms with Gasteiger partial charge in [0.1, 0.15) is 11.5 Å². The first-order valence-corrected chi connectivity index (χ1v) is 6.82. The van der Waals surface area contributed by atoms with E-state index in [4.69, 9.17) is 21.1 Å². The molecule has 2 rings (SSSR count). The smallest absolute Gasteiger partial charge is 0.248 e. The number of amides is 1. The number of ether oxygens (including phenoxy) is 2. The van der Waals surface area contributed by atoms with Gasteiger partial charge in [-0.3, -0.25) is 9.78 Å². The molecular formula is C16H15ClN2O3. The molecule has 0 atom stereocenters. The first-order valence-electron chi connectivity index (χ1n) is 6.44. The molecule has 0 aliphatic carbocycles. The van der Waals surface area contributed by atoms with Crippen LogP contribution in [0.1, 0.15) is 5.56 Å². The van der Waals surface area contributed by atoms with Crippen molar-refractivity contribution in [3.63, 3.8) is 0 Å². The first kappa shape index (κ1) is 15.9. The number of nitrogens with zero attached hydrogens (tertiary/aromatic N) is 1. The maximum absolute atomic E-state index is 12.0. The zero-order valence-corrected chi connectivity index (χ0v) is 12.9. The van der Waals surface area contributed by atoms with Crippen molar-refractivity contribution in [2.75, 3.05) is 19.5 Å². The third-order valence-corrected chi connectivity index (χ3v) is 3.16. The monoisotopic (exact) mass is 318 g/mol. The molecule has 0 fully saturated rings. The molecule has 1 aromatic carbocycles. The van der Waals surface area contributed by atoms with E-state index in [1.807, 2.05) is 0 Å². The predicted molar refractivity (Wildman–Crippen MR) is 86.5 cm³/mol. The van der Waals surface area contributed by atoms with E-state index in [0.717, 1.165) is 5.56 Å².